The first-order chi connectivity index (χ1) is 14.7. The second-order valence-electron chi connectivity index (χ2n) is 6.52. The van der Waals surface area contributed by atoms with E-state index in [1.807, 2.05) is 34.9 Å². The van der Waals surface area contributed by atoms with Gasteiger partial charge in [-0.2, -0.15) is 0 Å². The van der Waals surface area contributed by atoms with Crippen molar-refractivity contribution in [3.05, 3.63) is 96.0 Å². The van der Waals surface area contributed by atoms with Crippen molar-refractivity contribution in [3.63, 3.8) is 0 Å². The van der Waals surface area contributed by atoms with Crippen molar-refractivity contribution >= 4 is 17.7 Å². The molecule has 2 heterocycles. The van der Waals surface area contributed by atoms with Crippen LogP contribution >= 0.6 is 11.8 Å². The Kier molecular flexibility index (Phi) is 6.24. The number of aromatic nitrogens is 3. The van der Waals surface area contributed by atoms with E-state index in [0.717, 1.165) is 11.3 Å². The van der Waals surface area contributed by atoms with Gasteiger partial charge in [0.15, 0.2) is 5.16 Å². The van der Waals surface area contributed by atoms with Crippen LogP contribution < -0.4 is 5.32 Å². The van der Waals surface area contributed by atoms with Gasteiger partial charge in [-0.1, -0.05) is 42.1 Å². The number of rotatable bonds is 8. The maximum absolute atomic E-state index is 13.4. The van der Waals surface area contributed by atoms with Gasteiger partial charge in [0.25, 0.3) is 0 Å². The van der Waals surface area contributed by atoms with Crippen LogP contribution in [-0.2, 0) is 17.8 Å². The first kappa shape index (κ1) is 19.9. The van der Waals surface area contributed by atoms with E-state index in [0.29, 0.717) is 29.7 Å². The number of amides is 1. The molecule has 0 aliphatic rings. The Hall–Kier alpha value is -3.39. The predicted molar refractivity (Wildman–Crippen MR) is 112 cm³/mol. The van der Waals surface area contributed by atoms with E-state index in [4.69, 9.17) is 4.42 Å². The van der Waals surface area contributed by atoms with E-state index in [1.165, 1.54) is 23.9 Å². The molecule has 0 saturated carbocycles. The number of halogens is 1. The number of furan rings is 1. The van der Waals surface area contributed by atoms with Gasteiger partial charge in [-0.25, -0.2) is 4.39 Å². The zero-order chi connectivity index (χ0) is 20.8. The predicted octanol–water partition coefficient (Wildman–Crippen LogP) is 4.00. The lowest BCUT2D eigenvalue weighted by Gasteiger charge is -2.10. The largest absolute Gasteiger partial charge is 0.467 e. The van der Waals surface area contributed by atoms with E-state index in [2.05, 4.69) is 15.5 Å². The molecule has 0 unspecified atom stereocenters. The average Bonchev–Trinajstić information content (AvgIpc) is 3.42. The molecule has 0 atom stereocenters. The van der Waals surface area contributed by atoms with Gasteiger partial charge in [0.2, 0.25) is 5.91 Å². The zero-order valence-corrected chi connectivity index (χ0v) is 16.8. The van der Waals surface area contributed by atoms with Crippen LogP contribution in [-0.4, -0.2) is 26.4 Å². The van der Waals surface area contributed by atoms with Crippen LogP contribution in [0.5, 0.6) is 0 Å². The lowest BCUT2D eigenvalue weighted by molar-refractivity contribution is -0.118. The quantitative estimate of drug-likeness (QED) is 0.435. The lowest BCUT2D eigenvalue weighted by Crippen LogP contribution is -2.24. The molecule has 2 aromatic heterocycles. The summed E-state index contributed by atoms with van der Waals surface area (Å²) < 4.78 is 20.5. The van der Waals surface area contributed by atoms with E-state index in [-0.39, 0.29) is 17.5 Å². The molecule has 6 nitrogen and oxygen atoms in total. The number of thioether (sulfide) groups is 1. The van der Waals surface area contributed by atoms with Gasteiger partial charge < -0.3 is 9.73 Å². The Morgan fingerprint density at radius 1 is 1.03 bits per heavy atom. The van der Waals surface area contributed by atoms with Crippen molar-refractivity contribution in [2.75, 3.05) is 5.75 Å². The van der Waals surface area contributed by atoms with Crippen molar-refractivity contribution in [2.24, 2.45) is 0 Å². The number of nitrogens with zero attached hydrogens (tertiary/aromatic N) is 3. The average molecular weight is 422 g/mol. The number of hydrogen-bond acceptors (Lipinski definition) is 5. The van der Waals surface area contributed by atoms with Crippen molar-refractivity contribution in [2.45, 2.75) is 18.1 Å². The molecular weight excluding hydrogens is 403 g/mol. The van der Waals surface area contributed by atoms with Gasteiger partial charge >= 0.3 is 0 Å². The smallest absolute Gasteiger partial charge is 0.230 e. The fraction of sp³-hybridized carbons (Fsp3) is 0.136. The molecule has 0 radical (unpaired) electrons. The number of nitrogens with one attached hydrogen (secondary N) is 1. The maximum Gasteiger partial charge on any atom is 0.230 e. The van der Waals surface area contributed by atoms with Gasteiger partial charge in [0.1, 0.15) is 17.4 Å². The second kappa shape index (κ2) is 9.41. The van der Waals surface area contributed by atoms with Gasteiger partial charge in [-0.05, 0) is 42.0 Å². The Morgan fingerprint density at radius 2 is 1.83 bits per heavy atom. The van der Waals surface area contributed by atoms with Crippen LogP contribution in [0.15, 0.2) is 82.6 Å². The minimum absolute atomic E-state index is 0.144. The van der Waals surface area contributed by atoms with E-state index < -0.39 is 0 Å². The molecule has 0 fully saturated rings. The van der Waals surface area contributed by atoms with Crippen LogP contribution in [0.2, 0.25) is 0 Å². The van der Waals surface area contributed by atoms with E-state index in [9.17, 15) is 9.18 Å². The molecular formula is C22H19FN4O2S. The molecule has 152 valence electrons. The molecule has 0 aliphatic heterocycles. The summed E-state index contributed by atoms with van der Waals surface area (Å²) in [6, 6.07) is 19.6. The zero-order valence-electron chi connectivity index (χ0n) is 16.0. The summed E-state index contributed by atoms with van der Waals surface area (Å²) in [5.74, 6) is 1.11. The maximum atomic E-state index is 13.4. The SMILES string of the molecule is O=C(CSc1nnc(Cc2ccccc2)n1-c1ccc(F)cc1)NCc1ccco1. The molecule has 0 spiro atoms. The van der Waals surface area contributed by atoms with Crippen molar-refractivity contribution < 1.29 is 13.6 Å². The highest BCUT2D eigenvalue weighted by Crippen LogP contribution is 2.23. The van der Waals surface area contributed by atoms with Gasteiger partial charge in [0, 0.05) is 12.1 Å². The minimum Gasteiger partial charge on any atom is -0.467 e. The number of carbonyl (C=O) groups excluding carboxylic acids is 1. The first-order valence-electron chi connectivity index (χ1n) is 9.35. The summed E-state index contributed by atoms with van der Waals surface area (Å²) in [5.41, 5.74) is 1.83. The Bertz CT molecular complexity index is 1100. The van der Waals surface area contributed by atoms with Crippen LogP contribution in [0, 0.1) is 5.82 Å². The lowest BCUT2D eigenvalue weighted by atomic mass is 10.1. The van der Waals surface area contributed by atoms with Crippen LogP contribution in [0.25, 0.3) is 5.69 Å². The highest BCUT2D eigenvalue weighted by molar-refractivity contribution is 7.99. The third-order valence-electron chi connectivity index (χ3n) is 4.36. The van der Waals surface area contributed by atoms with Gasteiger partial charge in [-0.15, -0.1) is 10.2 Å². The Balaban J connectivity index is 1.51. The summed E-state index contributed by atoms with van der Waals surface area (Å²) >= 11 is 1.28. The summed E-state index contributed by atoms with van der Waals surface area (Å²) in [4.78, 5) is 12.2. The number of carbonyl (C=O) groups is 1. The number of benzene rings is 2. The standard InChI is InChI=1S/C22H19FN4O2S/c23-17-8-10-18(11-9-17)27-20(13-16-5-2-1-3-6-16)25-26-22(27)30-15-21(28)24-14-19-7-4-12-29-19/h1-12H,13-15H2,(H,24,28). The summed E-state index contributed by atoms with van der Waals surface area (Å²) in [7, 11) is 0. The molecule has 4 rings (SSSR count). The van der Waals surface area contributed by atoms with E-state index in [1.54, 1.807) is 30.5 Å². The molecule has 1 amide bonds. The van der Waals surface area contributed by atoms with Crippen molar-refractivity contribution in [3.8, 4) is 5.69 Å². The molecule has 4 aromatic rings. The van der Waals surface area contributed by atoms with Gasteiger partial charge in [0.05, 0.1) is 18.6 Å². The summed E-state index contributed by atoms with van der Waals surface area (Å²) in [5, 5.41) is 12.0. The fourth-order valence-corrected chi connectivity index (χ4v) is 3.72. The third kappa shape index (κ3) is 4.96. The first-order valence-corrected chi connectivity index (χ1v) is 10.3. The summed E-state index contributed by atoms with van der Waals surface area (Å²) in [6.07, 6.45) is 2.13. The molecule has 30 heavy (non-hydrogen) atoms. The Morgan fingerprint density at radius 3 is 2.57 bits per heavy atom. The molecule has 0 saturated heterocycles. The van der Waals surface area contributed by atoms with Crippen LogP contribution in [0.1, 0.15) is 17.1 Å². The van der Waals surface area contributed by atoms with Crippen LogP contribution in [0.4, 0.5) is 4.39 Å². The van der Waals surface area contributed by atoms with E-state index >= 15 is 0 Å². The molecule has 1 N–H and O–H groups in total. The normalized spacial score (nSPS) is 10.8. The topological polar surface area (TPSA) is 73.0 Å². The molecule has 0 bridgehead atoms. The fourth-order valence-electron chi connectivity index (χ4n) is 2.92. The van der Waals surface area contributed by atoms with Crippen LogP contribution in [0.3, 0.4) is 0 Å². The highest BCUT2D eigenvalue weighted by Gasteiger charge is 2.16. The Labute approximate surface area is 177 Å². The molecule has 2 aromatic carbocycles. The third-order valence-corrected chi connectivity index (χ3v) is 5.29. The monoisotopic (exact) mass is 422 g/mol. The van der Waals surface area contributed by atoms with Gasteiger partial charge in [-0.3, -0.25) is 9.36 Å². The van der Waals surface area contributed by atoms with Crippen molar-refractivity contribution in [1.29, 1.82) is 0 Å². The summed E-state index contributed by atoms with van der Waals surface area (Å²) in [6.45, 7) is 0.330. The molecule has 0 aliphatic carbocycles. The number of hydrogen-bond donors (Lipinski definition) is 1. The minimum atomic E-state index is -0.317. The second-order valence-corrected chi connectivity index (χ2v) is 7.46. The molecule has 8 heteroatoms. The highest BCUT2D eigenvalue weighted by atomic mass is 32.2. The van der Waals surface area contributed by atoms with Crippen molar-refractivity contribution in [1.82, 2.24) is 20.1 Å².